The van der Waals surface area contributed by atoms with Crippen molar-refractivity contribution in [2.24, 2.45) is 4.99 Å². The van der Waals surface area contributed by atoms with Crippen LogP contribution in [0.5, 0.6) is 0 Å². The van der Waals surface area contributed by atoms with Crippen molar-refractivity contribution in [2.45, 2.75) is 33.2 Å². The van der Waals surface area contributed by atoms with Crippen LogP contribution in [0, 0.1) is 0 Å². The third-order valence-corrected chi connectivity index (χ3v) is 5.25. The first kappa shape index (κ1) is 19.1. The lowest BCUT2D eigenvalue weighted by Crippen LogP contribution is -2.38. The van der Waals surface area contributed by atoms with Crippen LogP contribution in [0.15, 0.2) is 53.9 Å². The van der Waals surface area contributed by atoms with Crippen LogP contribution in [0.4, 0.5) is 0 Å². The van der Waals surface area contributed by atoms with Crippen molar-refractivity contribution in [3.63, 3.8) is 0 Å². The van der Waals surface area contributed by atoms with Crippen molar-refractivity contribution in [1.82, 2.24) is 25.4 Å². The summed E-state index contributed by atoms with van der Waals surface area (Å²) in [4.78, 5) is 10.5. The van der Waals surface area contributed by atoms with Gasteiger partial charge in [0, 0.05) is 43.0 Å². The maximum absolute atomic E-state index is 4.68. The second-order valence-electron chi connectivity index (χ2n) is 6.06. The molecule has 0 aliphatic carbocycles. The van der Waals surface area contributed by atoms with E-state index in [0.29, 0.717) is 6.54 Å². The van der Waals surface area contributed by atoms with Gasteiger partial charge in [0.2, 0.25) is 0 Å². The predicted octanol–water partition coefficient (Wildman–Crippen LogP) is 3.19. The lowest BCUT2D eigenvalue weighted by atomic mass is 10.2. The molecule has 0 unspecified atom stereocenters. The van der Waals surface area contributed by atoms with E-state index >= 15 is 0 Å². The van der Waals surface area contributed by atoms with Gasteiger partial charge in [-0.1, -0.05) is 19.1 Å². The normalized spacial score (nSPS) is 11.6. The van der Waals surface area contributed by atoms with Crippen LogP contribution in [0.25, 0.3) is 5.69 Å². The topological polar surface area (TPSA) is 67.1 Å². The molecule has 2 N–H and O–H groups in total. The lowest BCUT2D eigenvalue weighted by molar-refractivity contribution is 0.796. The number of hydrogen-bond acceptors (Lipinski definition) is 4. The molecule has 6 nitrogen and oxygen atoms in total. The minimum absolute atomic E-state index is 0.631. The Morgan fingerprint density at radius 1 is 1.19 bits per heavy atom. The van der Waals surface area contributed by atoms with Crippen molar-refractivity contribution in [1.29, 1.82) is 0 Å². The monoisotopic (exact) mass is 382 g/mol. The fraction of sp³-hybridized carbons (Fsp3) is 0.350. The molecule has 0 aliphatic heterocycles. The lowest BCUT2D eigenvalue weighted by Gasteiger charge is -2.11. The summed E-state index contributed by atoms with van der Waals surface area (Å²) in [5.41, 5.74) is 2.21. The number of benzene rings is 1. The van der Waals surface area contributed by atoms with Gasteiger partial charge in [0.25, 0.3) is 0 Å². The van der Waals surface area contributed by atoms with Crippen molar-refractivity contribution in [3.05, 3.63) is 64.4 Å². The predicted molar refractivity (Wildman–Crippen MR) is 112 cm³/mol. The summed E-state index contributed by atoms with van der Waals surface area (Å²) in [5, 5.41) is 12.1. The van der Waals surface area contributed by atoms with Crippen molar-refractivity contribution < 1.29 is 0 Å². The van der Waals surface area contributed by atoms with E-state index < -0.39 is 0 Å². The number of thiazole rings is 1. The molecular weight excluding hydrogens is 356 g/mol. The molecule has 0 fully saturated rings. The third kappa shape index (κ3) is 5.65. The molecule has 0 radical (unpaired) electrons. The molecule has 142 valence electrons. The summed E-state index contributed by atoms with van der Waals surface area (Å²) in [6.45, 7) is 6.52. The quantitative estimate of drug-likeness (QED) is 0.464. The molecule has 3 rings (SSSR count). The summed E-state index contributed by atoms with van der Waals surface area (Å²) in [5.74, 6) is 0.834. The number of aliphatic imine (C=N–C) groups is 1. The number of hydrogen-bond donors (Lipinski definition) is 2. The van der Waals surface area contributed by atoms with E-state index in [9.17, 15) is 0 Å². The van der Waals surface area contributed by atoms with Crippen molar-refractivity contribution in [3.8, 4) is 5.69 Å². The first-order chi connectivity index (χ1) is 13.3. The summed E-state index contributed by atoms with van der Waals surface area (Å²) in [6.07, 6.45) is 7.65. The Balaban J connectivity index is 1.53. The summed E-state index contributed by atoms with van der Waals surface area (Å²) in [6, 6.07) is 10.2. The van der Waals surface area contributed by atoms with E-state index in [0.717, 1.165) is 43.1 Å². The fourth-order valence-corrected chi connectivity index (χ4v) is 3.46. The zero-order chi connectivity index (χ0) is 18.9. The third-order valence-electron chi connectivity index (χ3n) is 4.05. The highest BCUT2D eigenvalue weighted by Crippen LogP contribution is 2.13. The fourth-order valence-electron chi connectivity index (χ4n) is 2.60. The van der Waals surface area contributed by atoms with Gasteiger partial charge >= 0.3 is 0 Å². The van der Waals surface area contributed by atoms with Crippen LogP contribution in [0.2, 0.25) is 0 Å². The zero-order valence-electron chi connectivity index (χ0n) is 15.9. The molecule has 2 aromatic heterocycles. The molecule has 0 saturated carbocycles. The Morgan fingerprint density at radius 3 is 2.70 bits per heavy atom. The highest BCUT2D eigenvalue weighted by molar-refractivity contribution is 7.11. The Labute approximate surface area is 164 Å². The first-order valence-corrected chi connectivity index (χ1v) is 10.1. The van der Waals surface area contributed by atoms with Gasteiger partial charge in [-0.25, -0.2) is 14.7 Å². The maximum Gasteiger partial charge on any atom is 0.191 e. The number of rotatable bonds is 8. The van der Waals surface area contributed by atoms with E-state index in [1.807, 2.05) is 23.1 Å². The Kier molecular flexibility index (Phi) is 6.98. The van der Waals surface area contributed by atoms with Crippen LogP contribution >= 0.6 is 11.3 Å². The standard InChI is InChI=1S/C20H26N6S/c1-3-18-15-23-19(27-18)10-12-22-20(21-4-2)24-14-16-6-8-17(9-7-16)26-13-5-11-25-26/h5-9,11,13,15H,3-4,10,12,14H2,1-2H3,(H2,21,22,24). The highest BCUT2D eigenvalue weighted by atomic mass is 32.1. The van der Waals surface area contributed by atoms with E-state index in [-0.39, 0.29) is 0 Å². The molecule has 0 amide bonds. The minimum Gasteiger partial charge on any atom is -0.357 e. The van der Waals surface area contributed by atoms with E-state index in [2.05, 4.69) is 63.8 Å². The van der Waals surface area contributed by atoms with Gasteiger partial charge in [-0.05, 0) is 37.1 Å². The molecule has 0 saturated heterocycles. The second-order valence-corrected chi connectivity index (χ2v) is 7.26. The summed E-state index contributed by atoms with van der Waals surface area (Å²) < 4.78 is 1.85. The second kappa shape index (κ2) is 9.87. The molecule has 0 atom stereocenters. The highest BCUT2D eigenvalue weighted by Gasteiger charge is 2.02. The summed E-state index contributed by atoms with van der Waals surface area (Å²) >= 11 is 1.79. The smallest absolute Gasteiger partial charge is 0.191 e. The molecule has 1 aromatic carbocycles. The Hall–Kier alpha value is -2.67. The van der Waals surface area contributed by atoms with Gasteiger partial charge in [-0.2, -0.15) is 5.10 Å². The molecule has 3 aromatic rings. The van der Waals surface area contributed by atoms with Gasteiger partial charge in [-0.15, -0.1) is 11.3 Å². The molecule has 27 heavy (non-hydrogen) atoms. The van der Waals surface area contributed by atoms with Gasteiger partial charge in [0.05, 0.1) is 17.2 Å². The zero-order valence-corrected chi connectivity index (χ0v) is 16.7. The molecule has 2 heterocycles. The van der Waals surface area contributed by atoms with Crippen molar-refractivity contribution >= 4 is 17.3 Å². The number of aryl methyl sites for hydroxylation is 1. The molecular formula is C20H26N6S. The van der Waals surface area contributed by atoms with E-state index in [4.69, 9.17) is 0 Å². The number of nitrogens with one attached hydrogen (secondary N) is 2. The molecule has 0 aliphatic rings. The molecule has 7 heteroatoms. The first-order valence-electron chi connectivity index (χ1n) is 9.33. The van der Waals surface area contributed by atoms with Crippen LogP contribution in [-0.4, -0.2) is 33.8 Å². The average molecular weight is 383 g/mol. The van der Waals surface area contributed by atoms with Gasteiger partial charge < -0.3 is 10.6 Å². The number of aromatic nitrogens is 3. The Bertz CT molecular complexity index is 836. The van der Waals surface area contributed by atoms with Crippen LogP contribution in [0.3, 0.4) is 0 Å². The van der Waals surface area contributed by atoms with Gasteiger partial charge in [-0.3, -0.25) is 0 Å². The van der Waals surface area contributed by atoms with Crippen LogP contribution < -0.4 is 10.6 Å². The van der Waals surface area contributed by atoms with Crippen molar-refractivity contribution in [2.75, 3.05) is 13.1 Å². The molecule has 0 bridgehead atoms. The van der Waals surface area contributed by atoms with E-state index in [1.54, 1.807) is 17.5 Å². The van der Waals surface area contributed by atoms with Crippen LogP contribution in [0.1, 0.15) is 29.3 Å². The largest absolute Gasteiger partial charge is 0.357 e. The molecule has 0 spiro atoms. The van der Waals surface area contributed by atoms with Gasteiger partial charge in [0.1, 0.15) is 0 Å². The summed E-state index contributed by atoms with van der Waals surface area (Å²) in [7, 11) is 0. The van der Waals surface area contributed by atoms with E-state index in [1.165, 1.54) is 9.88 Å². The SMILES string of the molecule is CCNC(=NCc1ccc(-n2cccn2)cc1)NCCc1ncc(CC)s1. The minimum atomic E-state index is 0.631. The Morgan fingerprint density at radius 2 is 2.04 bits per heavy atom. The maximum atomic E-state index is 4.68. The number of guanidine groups is 1. The van der Waals surface area contributed by atoms with Gasteiger partial charge in [0.15, 0.2) is 5.96 Å². The number of nitrogens with zero attached hydrogens (tertiary/aromatic N) is 4. The van der Waals surface area contributed by atoms with Crippen LogP contribution in [-0.2, 0) is 19.4 Å². The average Bonchev–Trinajstić information content (AvgIpc) is 3.38.